The highest BCUT2D eigenvalue weighted by Gasteiger charge is 2.18. The predicted octanol–water partition coefficient (Wildman–Crippen LogP) is 2.26. The number of hydrogen-bond acceptors (Lipinski definition) is 4. The molecule has 0 saturated heterocycles. The first kappa shape index (κ1) is 14.3. The molecule has 0 unspecified atom stereocenters. The zero-order valence-electron chi connectivity index (χ0n) is 11.7. The summed E-state index contributed by atoms with van der Waals surface area (Å²) >= 11 is 0. The van der Waals surface area contributed by atoms with Gasteiger partial charge in [0.2, 0.25) is 0 Å². The summed E-state index contributed by atoms with van der Waals surface area (Å²) in [5.41, 5.74) is 1.92. The van der Waals surface area contributed by atoms with Crippen molar-refractivity contribution < 1.29 is 8.42 Å². The normalized spacial score (nSPS) is 11.2. The molecule has 2 aromatic rings. The number of hydrogen-bond donors (Lipinski definition) is 1. The van der Waals surface area contributed by atoms with Crippen molar-refractivity contribution in [2.75, 3.05) is 23.7 Å². The van der Waals surface area contributed by atoms with E-state index in [1.807, 2.05) is 25.1 Å². The molecule has 2 rings (SSSR count). The van der Waals surface area contributed by atoms with Gasteiger partial charge in [0, 0.05) is 20.3 Å². The van der Waals surface area contributed by atoms with Crippen LogP contribution in [0.2, 0.25) is 0 Å². The van der Waals surface area contributed by atoms with Gasteiger partial charge < -0.3 is 4.90 Å². The molecule has 0 aliphatic heterocycles. The van der Waals surface area contributed by atoms with Crippen LogP contribution in [0.5, 0.6) is 0 Å². The molecule has 1 aromatic carbocycles. The van der Waals surface area contributed by atoms with Crippen LogP contribution in [0.25, 0.3) is 0 Å². The van der Waals surface area contributed by atoms with Crippen molar-refractivity contribution in [3.05, 3.63) is 48.3 Å². The van der Waals surface area contributed by atoms with E-state index in [1.54, 1.807) is 37.4 Å². The Morgan fingerprint density at radius 2 is 1.85 bits per heavy atom. The van der Waals surface area contributed by atoms with E-state index in [2.05, 4.69) is 9.71 Å². The smallest absolute Gasteiger partial charge is 0.262 e. The number of rotatable bonds is 4. The number of benzene rings is 1. The molecular weight excluding hydrogens is 274 g/mol. The van der Waals surface area contributed by atoms with Crippen molar-refractivity contribution in [2.45, 2.75) is 11.8 Å². The molecule has 20 heavy (non-hydrogen) atoms. The second-order valence-electron chi connectivity index (χ2n) is 4.66. The van der Waals surface area contributed by atoms with Gasteiger partial charge in [0.15, 0.2) is 0 Å². The molecule has 6 heteroatoms. The Morgan fingerprint density at radius 1 is 1.15 bits per heavy atom. The minimum Gasteiger partial charge on any atom is -0.376 e. The highest BCUT2D eigenvalue weighted by molar-refractivity contribution is 7.92. The Bertz CT molecular complexity index is 712. The van der Waals surface area contributed by atoms with Crippen LogP contribution in [0, 0.1) is 6.92 Å². The number of sulfonamides is 1. The SMILES string of the molecule is Cc1ccccc1S(=O)(=O)Nc1cnccc1N(C)C. The van der Waals surface area contributed by atoms with E-state index in [4.69, 9.17) is 0 Å². The maximum atomic E-state index is 12.4. The molecule has 0 fully saturated rings. The summed E-state index contributed by atoms with van der Waals surface area (Å²) in [5.74, 6) is 0. The van der Waals surface area contributed by atoms with E-state index in [0.29, 0.717) is 11.3 Å². The Hall–Kier alpha value is -2.08. The Balaban J connectivity index is 2.42. The van der Waals surface area contributed by atoms with Crippen molar-refractivity contribution >= 4 is 21.4 Å². The fourth-order valence-electron chi connectivity index (χ4n) is 1.91. The van der Waals surface area contributed by atoms with Gasteiger partial charge in [0.05, 0.1) is 22.5 Å². The summed E-state index contributed by atoms with van der Waals surface area (Å²) in [4.78, 5) is 6.08. The minimum absolute atomic E-state index is 0.272. The molecule has 1 heterocycles. The van der Waals surface area contributed by atoms with Crippen LogP contribution in [0.1, 0.15) is 5.56 Å². The van der Waals surface area contributed by atoms with Crippen molar-refractivity contribution in [1.82, 2.24) is 4.98 Å². The molecule has 0 bridgehead atoms. The molecule has 0 aliphatic carbocycles. The third-order valence-corrected chi connectivity index (χ3v) is 4.43. The van der Waals surface area contributed by atoms with Gasteiger partial charge in [-0.25, -0.2) is 8.42 Å². The first-order valence-electron chi connectivity index (χ1n) is 6.11. The van der Waals surface area contributed by atoms with E-state index in [9.17, 15) is 8.42 Å². The van der Waals surface area contributed by atoms with E-state index in [1.165, 1.54) is 6.20 Å². The zero-order valence-corrected chi connectivity index (χ0v) is 12.5. The molecule has 5 nitrogen and oxygen atoms in total. The zero-order chi connectivity index (χ0) is 14.8. The Labute approximate surface area is 119 Å². The summed E-state index contributed by atoms with van der Waals surface area (Å²) in [7, 11) is 0.0795. The number of nitrogens with one attached hydrogen (secondary N) is 1. The molecular formula is C14H17N3O2S. The standard InChI is InChI=1S/C14H17N3O2S/c1-11-6-4-5-7-14(11)20(18,19)16-12-10-15-9-8-13(12)17(2)3/h4-10,16H,1-3H3. The van der Waals surface area contributed by atoms with Gasteiger partial charge in [-0.2, -0.15) is 0 Å². The van der Waals surface area contributed by atoms with Crippen LogP contribution in [-0.2, 0) is 10.0 Å². The molecule has 0 aliphatic rings. The van der Waals surface area contributed by atoms with Gasteiger partial charge in [-0.3, -0.25) is 9.71 Å². The van der Waals surface area contributed by atoms with Gasteiger partial charge in [-0.15, -0.1) is 0 Å². The lowest BCUT2D eigenvalue weighted by atomic mass is 10.2. The van der Waals surface area contributed by atoms with Crippen LogP contribution in [0.4, 0.5) is 11.4 Å². The van der Waals surface area contributed by atoms with Crippen molar-refractivity contribution in [3.8, 4) is 0 Å². The highest BCUT2D eigenvalue weighted by Crippen LogP contribution is 2.26. The number of aryl methyl sites for hydroxylation is 1. The van der Waals surface area contributed by atoms with Crippen LogP contribution >= 0.6 is 0 Å². The van der Waals surface area contributed by atoms with Gasteiger partial charge in [-0.1, -0.05) is 18.2 Å². The number of pyridine rings is 1. The molecule has 1 N–H and O–H groups in total. The van der Waals surface area contributed by atoms with E-state index >= 15 is 0 Å². The lowest BCUT2D eigenvalue weighted by molar-refractivity contribution is 0.600. The molecule has 0 amide bonds. The molecule has 0 saturated carbocycles. The Morgan fingerprint density at radius 3 is 2.50 bits per heavy atom. The average Bonchev–Trinajstić information content (AvgIpc) is 2.39. The summed E-state index contributed by atoms with van der Waals surface area (Å²) in [6.45, 7) is 1.77. The third-order valence-electron chi connectivity index (χ3n) is 2.91. The minimum atomic E-state index is -3.62. The molecule has 1 aromatic heterocycles. The van der Waals surface area contributed by atoms with Gasteiger partial charge in [-0.05, 0) is 24.6 Å². The first-order valence-corrected chi connectivity index (χ1v) is 7.60. The largest absolute Gasteiger partial charge is 0.376 e. The summed E-state index contributed by atoms with van der Waals surface area (Å²) in [6.07, 6.45) is 3.13. The van der Waals surface area contributed by atoms with Crippen molar-refractivity contribution in [1.29, 1.82) is 0 Å². The fraction of sp³-hybridized carbons (Fsp3) is 0.214. The first-order chi connectivity index (χ1) is 9.42. The van der Waals surface area contributed by atoms with Crippen LogP contribution < -0.4 is 9.62 Å². The maximum absolute atomic E-state index is 12.4. The quantitative estimate of drug-likeness (QED) is 0.938. The van der Waals surface area contributed by atoms with E-state index < -0.39 is 10.0 Å². The third kappa shape index (κ3) is 2.91. The predicted molar refractivity (Wildman–Crippen MR) is 80.6 cm³/mol. The van der Waals surface area contributed by atoms with Gasteiger partial charge in [0.1, 0.15) is 0 Å². The monoisotopic (exact) mass is 291 g/mol. The topological polar surface area (TPSA) is 62.3 Å². The summed E-state index contributed by atoms with van der Waals surface area (Å²) in [6, 6.07) is 8.63. The van der Waals surface area contributed by atoms with Crippen LogP contribution in [0.15, 0.2) is 47.6 Å². The second kappa shape index (κ2) is 5.50. The van der Waals surface area contributed by atoms with Crippen molar-refractivity contribution in [3.63, 3.8) is 0 Å². The Kier molecular flexibility index (Phi) is 3.94. The highest BCUT2D eigenvalue weighted by atomic mass is 32.2. The average molecular weight is 291 g/mol. The molecule has 0 spiro atoms. The van der Waals surface area contributed by atoms with Gasteiger partial charge >= 0.3 is 0 Å². The second-order valence-corrected chi connectivity index (χ2v) is 6.31. The number of anilines is 2. The number of nitrogens with zero attached hydrogens (tertiary/aromatic N) is 2. The molecule has 0 radical (unpaired) electrons. The lowest BCUT2D eigenvalue weighted by Gasteiger charge is -2.18. The maximum Gasteiger partial charge on any atom is 0.262 e. The summed E-state index contributed by atoms with van der Waals surface area (Å²) < 4.78 is 27.5. The lowest BCUT2D eigenvalue weighted by Crippen LogP contribution is -2.18. The van der Waals surface area contributed by atoms with Gasteiger partial charge in [0.25, 0.3) is 10.0 Å². The molecule has 106 valence electrons. The van der Waals surface area contributed by atoms with Crippen LogP contribution in [-0.4, -0.2) is 27.5 Å². The van der Waals surface area contributed by atoms with E-state index in [0.717, 1.165) is 5.69 Å². The summed E-state index contributed by atoms with van der Waals surface area (Å²) in [5, 5.41) is 0. The van der Waals surface area contributed by atoms with Crippen LogP contribution in [0.3, 0.4) is 0 Å². The van der Waals surface area contributed by atoms with E-state index in [-0.39, 0.29) is 4.90 Å². The van der Waals surface area contributed by atoms with Crippen molar-refractivity contribution in [2.24, 2.45) is 0 Å². The number of aromatic nitrogens is 1. The molecule has 0 atom stereocenters. The fourth-order valence-corrected chi connectivity index (χ4v) is 3.22.